The van der Waals surface area contributed by atoms with Crippen LogP contribution >= 0.6 is 0 Å². The summed E-state index contributed by atoms with van der Waals surface area (Å²) in [6.45, 7) is 0. The van der Waals surface area contributed by atoms with Crippen LogP contribution in [0.15, 0.2) is 0 Å². The summed E-state index contributed by atoms with van der Waals surface area (Å²) >= 11 is 0. The SMILES string of the molecule is O=C([O-])[O-].[K+].[K+].[KH].[KH]. The molecule has 0 aromatic heterocycles. The number of carboxylic acid groups (broad SMARTS) is 2. The molecule has 0 aromatic carbocycles. The summed E-state index contributed by atoms with van der Waals surface area (Å²) in [6.07, 6.45) is -2.33. The minimum atomic E-state index is -2.33. The Morgan fingerprint density at radius 2 is 1.00 bits per heavy atom. The predicted molar refractivity (Wildman–Crippen MR) is 19.7 cm³/mol. The van der Waals surface area contributed by atoms with Crippen LogP contribution in [0.5, 0.6) is 0 Å². The molecule has 0 bridgehead atoms. The van der Waals surface area contributed by atoms with Crippen LogP contribution in [0.3, 0.4) is 0 Å². The summed E-state index contributed by atoms with van der Waals surface area (Å²) in [4.78, 5) is 8.33. The van der Waals surface area contributed by atoms with Crippen LogP contribution in [-0.2, 0) is 0 Å². The molecule has 0 atom stereocenters. The van der Waals surface area contributed by atoms with E-state index in [9.17, 15) is 0 Å². The Balaban J connectivity index is -0.00000000750. The van der Waals surface area contributed by atoms with Gasteiger partial charge >= 0.3 is 206 Å². The van der Waals surface area contributed by atoms with Crippen molar-refractivity contribution in [3.8, 4) is 0 Å². The van der Waals surface area contributed by atoms with Crippen LogP contribution in [0.4, 0.5) is 4.79 Å². The van der Waals surface area contributed by atoms with Gasteiger partial charge in [-0.3, -0.25) is 0 Å². The Kier molecular flexibility index (Phi) is 84.0. The molecule has 7 heteroatoms. The van der Waals surface area contributed by atoms with Gasteiger partial charge in [0.05, 0.1) is 0 Å². The third-order valence-electron chi connectivity index (χ3n) is 0. The van der Waals surface area contributed by atoms with E-state index in [1.807, 2.05) is 0 Å². The topological polar surface area (TPSA) is 63.2 Å². The molecule has 0 rings (SSSR count). The van der Waals surface area contributed by atoms with Crippen molar-refractivity contribution < 1.29 is 118 Å². The van der Waals surface area contributed by atoms with Crippen LogP contribution in [0.25, 0.3) is 0 Å². The molecule has 0 heterocycles. The fourth-order valence-electron chi connectivity index (χ4n) is 0. The minimum absolute atomic E-state index is 0. The molecule has 0 fully saturated rings. The van der Waals surface area contributed by atoms with E-state index in [0.717, 1.165) is 0 Å². The summed E-state index contributed by atoms with van der Waals surface area (Å²) in [7, 11) is 0. The second-order valence-electron chi connectivity index (χ2n) is 0.250. The molecule has 0 saturated carbocycles. The quantitative estimate of drug-likeness (QED) is 0.379. The second kappa shape index (κ2) is 23.0. The Morgan fingerprint density at radius 1 is 1.00 bits per heavy atom. The first-order valence-electron chi connectivity index (χ1n) is 0.612. The monoisotopic (exact) mass is 218 g/mol. The van der Waals surface area contributed by atoms with Gasteiger partial charge in [-0.2, -0.15) is 0 Å². The van der Waals surface area contributed by atoms with Crippen LogP contribution < -0.4 is 113 Å². The molecule has 0 aromatic rings. The first-order chi connectivity index (χ1) is 1.73. The first-order valence-corrected chi connectivity index (χ1v) is 0.612. The van der Waals surface area contributed by atoms with Gasteiger partial charge in [0.15, 0.2) is 0 Å². The van der Waals surface area contributed by atoms with Crippen LogP contribution in [0.1, 0.15) is 0 Å². The van der Waals surface area contributed by atoms with Gasteiger partial charge in [-0.1, -0.05) is 0 Å². The Morgan fingerprint density at radius 3 is 1.00 bits per heavy atom. The molecule has 28 valence electrons. The summed E-state index contributed by atoms with van der Waals surface area (Å²) in [5, 5.41) is 16.7. The zero-order chi connectivity index (χ0) is 3.58. The molecule has 0 aliphatic rings. The van der Waals surface area contributed by atoms with Crippen LogP contribution in [0, 0.1) is 0 Å². The van der Waals surface area contributed by atoms with Crippen LogP contribution in [-0.4, -0.2) is 109 Å². The molecule has 0 aliphatic carbocycles. The van der Waals surface area contributed by atoms with Gasteiger partial charge in [0, 0.05) is 0 Å². The normalized spacial score (nSPS) is 3.00. The maximum absolute atomic E-state index is 8.33. The molecule has 0 amide bonds. The van der Waals surface area contributed by atoms with Gasteiger partial charge < -0.3 is 15.0 Å². The Labute approximate surface area is 218 Å². The van der Waals surface area contributed by atoms with Crippen molar-refractivity contribution >= 4 is 109 Å². The average molecular weight is 218 g/mol. The fraction of sp³-hybridized carbons (Fsp3) is 0. The third kappa shape index (κ3) is 40.9. The summed E-state index contributed by atoms with van der Waals surface area (Å²) in [5.74, 6) is 0. The molecule has 3 nitrogen and oxygen atoms in total. The van der Waals surface area contributed by atoms with Gasteiger partial charge in [-0.15, -0.1) is 0 Å². The van der Waals surface area contributed by atoms with Crippen molar-refractivity contribution in [2.24, 2.45) is 0 Å². The Bertz CT molecular complexity index is 34.3. The standard InChI is InChI=1S/CH2O3.4K.2H/c2-1(3)4;;;;;;/h(H2,2,3,4);;;;;;/q;;;2*+1;;/p-2. The molecular formula is CH2K4O3. The molecule has 0 aliphatic heterocycles. The summed E-state index contributed by atoms with van der Waals surface area (Å²) < 4.78 is 0. The van der Waals surface area contributed by atoms with Crippen molar-refractivity contribution in [1.82, 2.24) is 0 Å². The van der Waals surface area contributed by atoms with E-state index < -0.39 is 6.16 Å². The van der Waals surface area contributed by atoms with Crippen LogP contribution in [0.2, 0.25) is 0 Å². The predicted octanol–water partition coefficient (Wildman–Crippen LogP) is -9.74. The van der Waals surface area contributed by atoms with Crippen molar-refractivity contribution in [2.75, 3.05) is 0 Å². The molecule has 8 heavy (non-hydrogen) atoms. The number of hydrogen-bond acceptors (Lipinski definition) is 3. The number of carbonyl (C=O) groups excluding carboxylic acids is 1. The van der Waals surface area contributed by atoms with E-state index in [-0.39, 0.29) is 206 Å². The van der Waals surface area contributed by atoms with E-state index in [1.165, 1.54) is 0 Å². The Hall–Kier alpha value is 5.82. The van der Waals surface area contributed by atoms with Gasteiger partial charge in [0.25, 0.3) is 0 Å². The zero-order valence-corrected chi connectivity index (χ0v) is 9.97. The van der Waals surface area contributed by atoms with E-state index in [2.05, 4.69) is 0 Å². The third-order valence-corrected chi connectivity index (χ3v) is 0. The van der Waals surface area contributed by atoms with Crippen molar-refractivity contribution in [2.45, 2.75) is 0 Å². The van der Waals surface area contributed by atoms with E-state index in [4.69, 9.17) is 15.0 Å². The summed E-state index contributed by atoms with van der Waals surface area (Å²) in [5.41, 5.74) is 0. The molecular weight excluding hydrogens is 216 g/mol. The molecule has 0 saturated heterocycles. The van der Waals surface area contributed by atoms with E-state index >= 15 is 0 Å². The molecule has 0 radical (unpaired) electrons. The van der Waals surface area contributed by atoms with E-state index in [1.54, 1.807) is 0 Å². The van der Waals surface area contributed by atoms with Crippen molar-refractivity contribution in [3.63, 3.8) is 0 Å². The molecule has 0 spiro atoms. The molecule has 0 N–H and O–H groups in total. The summed E-state index contributed by atoms with van der Waals surface area (Å²) in [6, 6.07) is 0. The second-order valence-corrected chi connectivity index (χ2v) is 0.250. The van der Waals surface area contributed by atoms with E-state index in [0.29, 0.717) is 0 Å². The first kappa shape index (κ1) is 29.2. The molecule has 0 unspecified atom stereocenters. The van der Waals surface area contributed by atoms with Gasteiger partial charge in [0.2, 0.25) is 0 Å². The fourth-order valence-corrected chi connectivity index (χ4v) is 0. The van der Waals surface area contributed by atoms with Gasteiger partial charge in [-0.25, -0.2) is 0 Å². The average Bonchev–Trinajstić information content (AvgIpc) is 0.811. The van der Waals surface area contributed by atoms with Gasteiger partial charge in [-0.05, 0) is 6.16 Å². The number of carbonyl (C=O) groups is 1. The van der Waals surface area contributed by atoms with Crippen molar-refractivity contribution in [1.29, 1.82) is 0 Å². The maximum atomic E-state index is 8.33. The van der Waals surface area contributed by atoms with Gasteiger partial charge in [0.1, 0.15) is 0 Å². The zero-order valence-electron chi connectivity index (χ0n) is 3.72. The number of hydrogen-bond donors (Lipinski definition) is 0. The number of rotatable bonds is 0. The van der Waals surface area contributed by atoms with Crippen molar-refractivity contribution in [3.05, 3.63) is 0 Å².